The lowest BCUT2D eigenvalue weighted by Crippen LogP contribution is -2.44. The fourth-order valence-electron chi connectivity index (χ4n) is 3.40. The number of hydrogen-bond donors (Lipinski definition) is 4. The first-order valence-corrected chi connectivity index (χ1v) is 8.45. The molecule has 3 rings (SSSR count). The van der Waals surface area contributed by atoms with Gasteiger partial charge in [0.15, 0.2) is 0 Å². The van der Waals surface area contributed by atoms with Crippen molar-refractivity contribution in [3.8, 4) is 0 Å². The second-order valence-electron chi connectivity index (χ2n) is 6.39. The minimum atomic E-state index is -0.725. The average molecular weight is 329 g/mol. The van der Waals surface area contributed by atoms with Crippen LogP contribution in [0.15, 0.2) is 30.5 Å². The lowest BCUT2D eigenvalue weighted by molar-refractivity contribution is -0.142. The number of hydrogen-bond acceptors (Lipinski definition) is 2. The standard InChI is InChI=1S/C18H23N3O3/c22-17(23)13-4-6-14(7-5-13)21-18(24)20-10-8-12-2-1-3-16-15(12)9-11-19-16/h1-3,9,11,13-14,19H,4-8,10H2,(H,22,23)(H2,20,21,24). The van der Waals surface area contributed by atoms with Gasteiger partial charge in [-0.15, -0.1) is 0 Å². The number of carbonyl (C=O) groups is 2. The first-order valence-electron chi connectivity index (χ1n) is 8.45. The molecule has 6 heteroatoms. The maximum atomic E-state index is 12.0. The van der Waals surface area contributed by atoms with E-state index in [-0.39, 0.29) is 18.0 Å². The van der Waals surface area contributed by atoms with Gasteiger partial charge in [-0.2, -0.15) is 0 Å². The summed E-state index contributed by atoms with van der Waals surface area (Å²) in [5, 5.41) is 16.0. The molecule has 24 heavy (non-hydrogen) atoms. The molecule has 1 aliphatic carbocycles. The lowest BCUT2D eigenvalue weighted by atomic mass is 9.86. The van der Waals surface area contributed by atoms with Gasteiger partial charge in [-0.05, 0) is 49.8 Å². The van der Waals surface area contributed by atoms with Crippen LogP contribution in [0, 0.1) is 5.92 Å². The third-order valence-corrected chi connectivity index (χ3v) is 4.78. The molecule has 1 fully saturated rings. The number of carboxylic acid groups (broad SMARTS) is 1. The molecule has 0 atom stereocenters. The molecular formula is C18H23N3O3. The minimum absolute atomic E-state index is 0.0775. The molecule has 128 valence electrons. The Hall–Kier alpha value is -2.50. The zero-order valence-corrected chi connectivity index (χ0v) is 13.5. The van der Waals surface area contributed by atoms with Crippen molar-refractivity contribution in [3.63, 3.8) is 0 Å². The van der Waals surface area contributed by atoms with Crippen LogP contribution in [0.1, 0.15) is 31.2 Å². The number of H-pyrrole nitrogens is 1. The van der Waals surface area contributed by atoms with Crippen molar-refractivity contribution in [1.29, 1.82) is 0 Å². The van der Waals surface area contributed by atoms with E-state index in [2.05, 4.69) is 21.7 Å². The minimum Gasteiger partial charge on any atom is -0.481 e. The molecule has 0 bridgehead atoms. The fraction of sp³-hybridized carbons (Fsp3) is 0.444. The molecule has 6 nitrogen and oxygen atoms in total. The Bertz CT molecular complexity index is 717. The summed E-state index contributed by atoms with van der Waals surface area (Å²) in [4.78, 5) is 26.1. The van der Waals surface area contributed by atoms with E-state index in [0.29, 0.717) is 19.4 Å². The predicted molar refractivity (Wildman–Crippen MR) is 91.9 cm³/mol. The molecule has 0 aliphatic heterocycles. The zero-order valence-electron chi connectivity index (χ0n) is 13.5. The molecule has 4 N–H and O–H groups in total. The van der Waals surface area contributed by atoms with Crippen LogP contribution in [0.2, 0.25) is 0 Å². The highest BCUT2D eigenvalue weighted by atomic mass is 16.4. The van der Waals surface area contributed by atoms with Gasteiger partial charge in [0.25, 0.3) is 0 Å². The Kier molecular flexibility index (Phi) is 5.03. The largest absolute Gasteiger partial charge is 0.481 e. The molecule has 0 unspecified atom stereocenters. The van der Waals surface area contributed by atoms with Crippen LogP contribution in [-0.4, -0.2) is 34.7 Å². The second-order valence-corrected chi connectivity index (χ2v) is 6.39. The number of nitrogens with one attached hydrogen (secondary N) is 3. The Morgan fingerprint density at radius 3 is 2.71 bits per heavy atom. The van der Waals surface area contributed by atoms with Crippen molar-refractivity contribution in [2.45, 2.75) is 38.1 Å². The smallest absolute Gasteiger partial charge is 0.315 e. The maximum Gasteiger partial charge on any atom is 0.315 e. The predicted octanol–water partition coefficient (Wildman–Crippen LogP) is 2.65. The monoisotopic (exact) mass is 329 g/mol. The van der Waals surface area contributed by atoms with Gasteiger partial charge in [-0.3, -0.25) is 4.79 Å². The quantitative estimate of drug-likeness (QED) is 0.679. The Labute approximate surface area is 140 Å². The zero-order chi connectivity index (χ0) is 16.9. The van der Waals surface area contributed by atoms with Gasteiger partial charge >= 0.3 is 12.0 Å². The molecule has 1 saturated carbocycles. The highest BCUT2D eigenvalue weighted by Crippen LogP contribution is 2.24. The number of aromatic amines is 1. The molecule has 1 aromatic carbocycles. The number of aliphatic carboxylic acids is 1. The number of carbonyl (C=O) groups excluding carboxylic acids is 1. The number of aromatic nitrogens is 1. The summed E-state index contributed by atoms with van der Waals surface area (Å²) in [7, 11) is 0. The van der Waals surface area contributed by atoms with Crippen molar-refractivity contribution >= 4 is 22.9 Å². The van der Waals surface area contributed by atoms with Gasteiger partial charge in [0, 0.05) is 29.7 Å². The van der Waals surface area contributed by atoms with E-state index in [1.807, 2.05) is 24.4 Å². The van der Waals surface area contributed by atoms with Crippen molar-refractivity contribution in [1.82, 2.24) is 15.6 Å². The molecular weight excluding hydrogens is 306 g/mol. The number of benzene rings is 1. The maximum absolute atomic E-state index is 12.0. The normalized spacial score (nSPS) is 20.7. The van der Waals surface area contributed by atoms with Crippen LogP contribution in [0.25, 0.3) is 10.9 Å². The van der Waals surface area contributed by atoms with Crippen LogP contribution in [0.4, 0.5) is 4.79 Å². The first kappa shape index (κ1) is 16.4. The van der Waals surface area contributed by atoms with Crippen molar-refractivity contribution in [3.05, 3.63) is 36.0 Å². The van der Waals surface area contributed by atoms with Gasteiger partial charge in [0.05, 0.1) is 5.92 Å². The Morgan fingerprint density at radius 2 is 1.96 bits per heavy atom. The summed E-state index contributed by atoms with van der Waals surface area (Å²) in [6.45, 7) is 0.570. The van der Waals surface area contributed by atoms with E-state index in [4.69, 9.17) is 5.11 Å². The van der Waals surface area contributed by atoms with Crippen LogP contribution in [0.3, 0.4) is 0 Å². The fourth-order valence-corrected chi connectivity index (χ4v) is 3.40. The van der Waals surface area contributed by atoms with Crippen LogP contribution >= 0.6 is 0 Å². The SMILES string of the molecule is O=C(NCCc1cccc2[nH]ccc12)NC1CCC(C(=O)O)CC1. The summed E-state index contributed by atoms with van der Waals surface area (Å²) in [6.07, 6.45) is 5.42. The van der Waals surface area contributed by atoms with E-state index in [9.17, 15) is 9.59 Å². The number of fused-ring (bicyclic) bond motifs is 1. The summed E-state index contributed by atoms with van der Waals surface area (Å²) in [5.74, 6) is -0.982. The molecule has 0 spiro atoms. The Balaban J connectivity index is 1.42. The van der Waals surface area contributed by atoms with E-state index in [1.165, 1.54) is 10.9 Å². The van der Waals surface area contributed by atoms with Gasteiger partial charge < -0.3 is 20.7 Å². The Morgan fingerprint density at radius 1 is 1.17 bits per heavy atom. The van der Waals surface area contributed by atoms with Gasteiger partial charge in [0.1, 0.15) is 0 Å². The first-order chi connectivity index (χ1) is 11.6. The highest BCUT2D eigenvalue weighted by Gasteiger charge is 2.26. The molecule has 1 heterocycles. The third kappa shape index (κ3) is 3.88. The molecule has 0 saturated heterocycles. The third-order valence-electron chi connectivity index (χ3n) is 4.78. The van der Waals surface area contributed by atoms with Gasteiger partial charge in [0.2, 0.25) is 0 Å². The summed E-state index contributed by atoms with van der Waals surface area (Å²) in [5.41, 5.74) is 2.31. The number of carboxylic acids is 1. The summed E-state index contributed by atoms with van der Waals surface area (Å²) >= 11 is 0. The highest BCUT2D eigenvalue weighted by molar-refractivity contribution is 5.83. The van der Waals surface area contributed by atoms with Crippen molar-refractivity contribution in [2.24, 2.45) is 5.92 Å². The van der Waals surface area contributed by atoms with Crippen LogP contribution in [0.5, 0.6) is 0 Å². The summed E-state index contributed by atoms with van der Waals surface area (Å²) < 4.78 is 0. The second kappa shape index (κ2) is 7.38. The molecule has 2 amide bonds. The molecule has 1 aromatic heterocycles. The average Bonchev–Trinajstić information content (AvgIpc) is 3.05. The van der Waals surface area contributed by atoms with E-state index >= 15 is 0 Å². The topological polar surface area (TPSA) is 94.2 Å². The lowest BCUT2D eigenvalue weighted by Gasteiger charge is -2.26. The van der Waals surface area contributed by atoms with Crippen molar-refractivity contribution < 1.29 is 14.7 Å². The van der Waals surface area contributed by atoms with E-state index < -0.39 is 5.97 Å². The van der Waals surface area contributed by atoms with Crippen LogP contribution in [-0.2, 0) is 11.2 Å². The molecule has 1 aliphatic rings. The number of rotatable bonds is 5. The summed E-state index contributed by atoms with van der Waals surface area (Å²) in [6, 6.07) is 8.07. The van der Waals surface area contributed by atoms with Gasteiger partial charge in [-0.1, -0.05) is 12.1 Å². The number of amides is 2. The molecule has 2 aromatic rings. The van der Waals surface area contributed by atoms with Gasteiger partial charge in [-0.25, -0.2) is 4.79 Å². The van der Waals surface area contributed by atoms with E-state index in [1.54, 1.807) is 0 Å². The van der Waals surface area contributed by atoms with Crippen LogP contribution < -0.4 is 10.6 Å². The van der Waals surface area contributed by atoms with Crippen molar-refractivity contribution in [2.75, 3.05) is 6.54 Å². The van der Waals surface area contributed by atoms with E-state index in [0.717, 1.165) is 24.8 Å². The molecule has 0 radical (unpaired) electrons. The number of urea groups is 1.